The van der Waals surface area contributed by atoms with Crippen molar-refractivity contribution in [2.45, 2.75) is 51.0 Å². The summed E-state index contributed by atoms with van der Waals surface area (Å²) in [5.41, 5.74) is -4.26. The molecular formula is C23H19F8N3O4. The number of hydrogen-bond acceptors (Lipinski definition) is 5. The third-order valence-corrected chi connectivity index (χ3v) is 4.98. The maximum absolute atomic E-state index is 13.3. The summed E-state index contributed by atoms with van der Waals surface area (Å²) in [4.78, 5) is 52.4. The topological polar surface area (TPSA) is 105 Å². The highest BCUT2D eigenvalue weighted by atomic mass is 19.4. The first-order valence-corrected chi connectivity index (χ1v) is 10.6. The third kappa shape index (κ3) is 8.31. The van der Waals surface area contributed by atoms with E-state index in [1.54, 1.807) is 0 Å². The molecule has 2 amide bonds. The first kappa shape index (κ1) is 30.3. The van der Waals surface area contributed by atoms with E-state index in [9.17, 15) is 54.3 Å². The Balaban J connectivity index is 2.46. The number of halogens is 8. The number of nitrogens with one attached hydrogen (secondary N) is 2. The molecule has 0 aliphatic rings. The Labute approximate surface area is 209 Å². The molecule has 1 aromatic carbocycles. The van der Waals surface area contributed by atoms with Gasteiger partial charge in [0, 0.05) is 25.1 Å². The monoisotopic (exact) mass is 553 g/mol. The summed E-state index contributed by atoms with van der Waals surface area (Å²) in [7, 11) is 0. The number of anilines is 1. The highest BCUT2D eigenvalue weighted by Crippen LogP contribution is 2.32. The lowest BCUT2D eigenvalue weighted by Crippen LogP contribution is -2.44. The number of amides is 2. The van der Waals surface area contributed by atoms with Crippen molar-refractivity contribution in [3.05, 3.63) is 58.8 Å². The molecule has 0 aliphatic carbocycles. The Kier molecular flexibility index (Phi) is 8.96. The molecule has 0 fully saturated rings. The quantitative estimate of drug-likeness (QED) is 0.334. The van der Waals surface area contributed by atoms with E-state index in [4.69, 9.17) is 0 Å². The van der Waals surface area contributed by atoms with Crippen LogP contribution in [0.15, 0.2) is 36.5 Å². The molecule has 1 atom stereocenters. The van der Waals surface area contributed by atoms with Gasteiger partial charge in [0.1, 0.15) is 5.82 Å². The van der Waals surface area contributed by atoms with E-state index in [2.05, 4.69) is 4.98 Å². The number of hydrogen-bond donors (Lipinski definition) is 2. The van der Waals surface area contributed by atoms with Crippen molar-refractivity contribution < 1.29 is 54.3 Å². The van der Waals surface area contributed by atoms with Gasteiger partial charge in [0.15, 0.2) is 5.78 Å². The van der Waals surface area contributed by atoms with Gasteiger partial charge in [-0.05, 0) is 37.6 Å². The number of aromatic nitrogens is 1. The number of alkyl halides is 8. The number of pyridine rings is 1. The average molecular weight is 553 g/mol. The van der Waals surface area contributed by atoms with Gasteiger partial charge >= 0.3 is 12.4 Å². The standard InChI is InChI=1S/C23H19F8N3O4/c1-11(35)17(36)16(6-7-21(2,24)25)33-20(38)15-9-14(23(29,30)31)10-32-18(15)34-19(37)12-4-3-5-13(8-12)22(26,27)28/h3-5,8-10,16H,6-7H2,1-2H3,(H,33,38)(H,32,34,37)/t16-/m0/s1. The average Bonchev–Trinajstić information content (AvgIpc) is 2.79. The van der Waals surface area contributed by atoms with Crippen LogP contribution in [0.5, 0.6) is 0 Å². The molecule has 0 unspecified atom stereocenters. The maximum Gasteiger partial charge on any atom is 0.417 e. The predicted molar refractivity (Wildman–Crippen MR) is 115 cm³/mol. The van der Waals surface area contributed by atoms with Crippen molar-refractivity contribution in [2.24, 2.45) is 0 Å². The summed E-state index contributed by atoms with van der Waals surface area (Å²) in [5.74, 6) is -9.37. The van der Waals surface area contributed by atoms with E-state index in [1.165, 1.54) is 0 Å². The van der Waals surface area contributed by atoms with E-state index < -0.39 is 88.6 Å². The third-order valence-electron chi connectivity index (χ3n) is 4.98. The Morgan fingerprint density at radius 2 is 1.50 bits per heavy atom. The largest absolute Gasteiger partial charge is 0.417 e. The summed E-state index contributed by atoms with van der Waals surface area (Å²) in [6.07, 6.45) is -11.4. The number of Topliss-reactive ketones (excluding diaryl/α,β-unsaturated/α-hetero) is 2. The molecule has 0 saturated carbocycles. The van der Waals surface area contributed by atoms with Crippen molar-refractivity contribution >= 4 is 29.2 Å². The van der Waals surface area contributed by atoms with Crippen molar-refractivity contribution in [3.8, 4) is 0 Å². The van der Waals surface area contributed by atoms with Crippen LogP contribution in [0.3, 0.4) is 0 Å². The van der Waals surface area contributed by atoms with Crippen LogP contribution < -0.4 is 10.6 Å². The molecule has 0 saturated heterocycles. The minimum Gasteiger partial charge on any atom is -0.342 e. The molecule has 0 bridgehead atoms. The van der Waals surface area contributed by atoms with Crippen LogP contribution in [-0.2, 0) is 21.9 Å². The van der Waals surface area contributed by atoms with E-state index >= 15 is 0 Å². The van der Waals surface area contributed by atoms with Crippen LogP contribution in [0.2, 0.25) is 0 Å². The first-order chi connectivity index (χ1) is 17.3. The van der Waals surface area contributed by atoms with Crippen molar-refractivity contribution in [2.75, 3.05) is 5.32 Å². The fraction of sp³-hybridized carbons (Fsp3) is 0.348. The zero-order valence-electron chi connectivity index (χ0n) is 19.6. The van der Waals surface area contributed by atoms with Gasteiger partial charge in [0.25, 0.3) is 11.8 Å². The molecule has 15 heteroatoms. The van der Waals surface area contributed by atoms with Gasteiger partial charge in [-0.2, -0.15) is 26.3 Å². The number of rotatable bonds is 9. The minimum absolute atomic E-state index is 0.230. The van der Waals surface area contributed by atoms with Crippen LogP contribution in [0.4, 0.5) is 40.9 Å². The normalized spacial score (nSPS) is 13.0. The lowest BCUT2D eigenvalue weighted by Gasteiger charge is -2.20. The first-order valence-electron chi connectivity index (χ1n) is 10.6. The van der Waals surface area contributed by atoms with Crippen LogP contribution in [0.1, 0.15) is 58.5 Å². The van der Waals surface area contributed by atoms with E-state index in [1.807, 2.05) is 10.6 Å². The Hall–Kier alpha value is -3.91. The summed E-state index contributed by atoms with van der Waals surface area (Å²) in [6, 6.07) is 1.35. The molecule has 0 aliphatic heterocycles. The summed E-state index contributed by atoms with van der Waals surface area (Å²) >= 11 is 0. The van der Waals surface area contributed by atoms with Crippen LogP contribution in [0.25, 0.3) is 0 Å². The number of carbonyl (C=O) groups is 4. The second kappa shape index (κ2) is 11.2. The molecule has 206 valence electrons. The van der Waals surface area contributed by atoms with Gasteiger partial charge in [0.05, 0.1) is 22.7 Å². The molecule has 1 aromatic heterocycles. The van der Waals surface area contributed by atoms with Gasteiger partial charge in [-0.25, -0.2) is 13.8 Å². The lowest BCUT2D eigenvalue weighted by molar-refractivity contribution is -0.138. The SMILES string of the molecule is CC(=O)C(=O)[C@H](CCC(C)(F)F)NC(=O)c1cc(C(F)(F)F)cnc1NC(=O)c1cccc(C(F)(F)F)c1. The van der Waals surface area contributed by atoms with E-state index in [0.717, 1.165) is 19.1 Å². The number of ketones is 2. The highest BCUT2D eigenvalue weighted by molar-refractivity contribution is 6.38. The van der Waals surface area contributed by atoms with Crippen molar-refractivity contribution in [1.29, 1.82) is 0 Å². The summed E-state index contributed by atoms with van der Waals surface area (Å²) in [5, 5.41) is 3.83. The fourth-order valence-electron chi connectivity index (χ4n) is 3.06. The Morgan fingerprint density at radius 3 is 2.03 bits per heavy atom. The molecule has 7 nitrogen and oxygen atoms in total. The molecule has 38 heavy (non-hydrogen) atoms. The maximum atomic E-state index is 13.3. The zero-order chi connectivity index (χ0) is 29.1. The van der Waals surface area contributed by atoms with Gasteiger partial charge in [0.2, 0.25) is 11.7 Å². The van der Waals surface area contributed by atoms with Gasteiger partial charge in [-0.3, -0.25) is 19.2 Å². The molecule has 0 spiro atoms. The smallest absolute Gasteiger partial charge is 0.342 e. The van der Waals surface area contributed by atoms with Crippen molar-refractivity contribution in [1.82, 2.24) is 10.3 Å². The highest BCUT2D eigenvalue weighted by Gasteiger charge is 2.35. The van der Waals surface area contributed by atoms with E-state index in [-0.39, 0.29) is 12.3 Å². The van der Waals surface area contributed by atoms with Gasteiger partial charge in [-0.15, -0.1) is 0 Å². The second-order valence-electron chi connectivity index (χ2n) is 8.21. The molecule has 2 rings (SSSR count). The Morgan fingerprint density at radius 1 is 0.895 bits per heavy atom. The molecule has 1 heterocycles. The second-order valence-corrected chi connectivity index (χ2v) is 8.21. The van der Waals surface area contributed by atoms with Gasteiger partial charge in [-0.1, -0.05) is 6.07 Å². The lowest BCUT2D eigenvalue weighted by atomic mass is 10.0. The Bertz CT molecular complexity index is 1240. The number of nitrogens with zero attached hydrogens (tertiary/aromatic N) is 1. The van der Waals surface area contributed by atoms with Crippen LogP contribution in [-0.4, -0.2) is 40.3 Å². The van der Waals surface area contributed by atoms with Crippen LogP contribution >= 0.6 is 0 Å². The fourth-order valence-corrected chi connectivity index (χ4v) is 3.06. The molecule has 0 radical (unpaired) electrons. The molecular weight excluding hydrogens is 534 g/mol. The molecule has 2 N–H and O–H groups in total. The number of carbonyl (C=O) groups excluding carboxylic acids is 4. The van der Waals surface area contributed by atoms with Crippen molar-refractivity contribution in [3.63, 3.8) is 0 Å². The minimum atomic E-state index is -5.04. The number of benzene rings is 1. The zero-order valence-corrected chi connectivity index (χ0v) is 19.6. The molecule has 2 aromatic rings. The summed E-state index contributed by atoms with van der Waals surface area (Å²) in [6.45, 7) is 1.29. The van der Waals surface area contributed by atoms with E-state index in [0.29, 0.717) is 19.1 Å². The van der Waals surface area contributed by atoms with Gasteiger partial charge < -0.3 is 10.6 Å². The summed E-state index contributed by atoms with van der Waals surface area (Å²) < 4.78 is 105. The predicted octanol–water partition coefficient (Wildman–Crippen LogP) is 5.06. The van der Waals surface area contributed by atoms with Crippen LogP contribution in [0, 0.1) is 0 Å².